The fourth-order valence-electron chi connectivity index (χ4n) is 2.31. The molecule has 2 N–H and O–H groups in total. The van der Waals surface area contributed by atoms with Crippen molar-refractivity contribution in [1.82, 2.24) is 5.32 Å². The van der Waals surface area contributed by atoms with Gasteiger partial charge in [0.05, 0.1) is 6.54 Å². The van der Waals surface area contributed by atoms with E-state index in [2.05, 4.69) is 5.32 Å². The average molecular weight is 301 g/mol. The first kappa shape index (κ1) is 16.3. The summed E-state index contributed by atoms with van der Waals surface area (Å²) in [6.07, 6.45) is 0.598. The van der Waals surface area contributed by atoms with Gasteiger partial charge >= 0.3 is 5.97 Å². The molecule has 0 radical (unpaired) electrons. The Hall–Kier alpha value is -2.07. The summed E-state index contributed by atoms with van der Waals surface area (Å²) in [6.45, 7) is 6.48. The minimum absolute atomic E-state index is 0.327. The number of hydrogen-bond acceptors (Lipinski definition) is 3. The molecule has 0 aliphatic rings. The molecule has 118 valence electrons. The highest BCUT2D eigenvalue weighted by Gasteiger charge is 2.18. The number of carboxylic acids is 1. The van der Waals surface area contributed by atoms with Crippen LogP contribution < -0.4 is 5.32 Å². The molecule has 1 heterocycles. The van der Waals surface area contributed by atoms with Gasteiger partial charge in [-0.15, -0.1) is 0 Å². The van der Waals surface area contributed by atoms with Gasteiger partial charge in [-0.1, -0.05) is 43.7 Å². The lowest BCUT2D eigenvalue weighted by atomic mass is 10.0. The van der Waals surface area contributed by atoms with Crippen molar-refractivity contribution in [2.45, 2.75) is 39.8 Å². The molecule has 4 nitrogen and oxygen atoms in total. The molecule has 1 atom stereocenters. The molecular formula is C18H23NO3. The molecule has 1 aromatic carbocycles. The number of nitrogens with one attached hydrogen (secondary N) is 1. The Morgan fingerprint density at radius 1 is 1.18 bits per heavy atom. The number of furan rings is 1. The van der Waals surface area contributed by atoms with Crippen LogP contribution in [0.25, 0.3) is 11.3 Å². The zero-order valence-electron chi connectivity index (χ0n) is 13.3. The van der Waals surface area contributed by atoms with Crippen LogP contribution in [0.15, 0.2) is 40.8 Å². The SMILES string of the molecule is Cc1ccc(-c2ccc(CN[C@H](CC(C)C)C(=O)O)o2)cc1. The summed E-state index contributed by atoms with van der Waals surface area (Å²) in [5, 5.41) is 12.3. The van der Waals surface area contributed by atoms with Crippen LogP contribution in [-0.4, -0.2) is 17.1 Å². The molecule has 0 fully saturated rings. The Morgan fingerprint density at radius 3 is 2.45 bits per heavy atom. The lowest BCUT2D eigenvalue weighted by molar-refractivity contribution is -0.140. The number of rotatable bonds is 7. The fourth-order valence-corrected chi connectivity index (χ4v) is 2.31. The summed E-state index contributed by atoms with van der Waals surface area (Å²) in [4.78, 5) is 11.2. The predicted octanol–water partition coefficient (Wildman–Crippen LogP) is 3.84. The molecule has 2 rings (SSSR count). The monoisotopic (exact) mass is 301 g/mol. The summed E-state index contributed by atoms with van der Waals surface area (Å²) < 4.78 is 5.79. The molecule has 2 aromatic rings. The second-order valence-electron chi connectivity index (χ2n) is 6.03. The number of aryl methyl sites for hydroxylation is 1. The number of carbonyl (C=O) groups is 1. The molecule has 0 saturated heterocycles. The molecule has 0 aliphatic carbocycles. The van der Waals surface area contributed by atoms with E-state index in [4.69, 9.17) is 4.42 Å². The molecule has 4 heteroatoms. The largest absolute Gasteiger partial charge is 0.480 e. The van der Waals surface area contributed by atoms with E-state index < -0.39 is 12.0 Å². The van der Waals surface area contributed by atoms with E-state index in [-0.39, 0.29) is 0 Å². The van der Waals surface area contributed by atoms with Crippen molar-refractivity contribution in [3.63, 3.8) is 0 Å². The van der Waals surface area contributed by atoms with E-state index in [0.29, 0.717) is 18.9 Å². The highest BCUT2D eigenvalue weighted by molar-refractivity contribution is 5.73. The first-order chi connectivity index (χ1) is 10.5. The van der Waals surface area contributed by atoms with E-state index >= 15 is 0 Å². The molecule has 0 aliphatic heterocycles. The predicted molar refractivity (Wildman–Crippen MR) is 86.6 cm³/mol. The summed E-state index contributed by atoms with van der Waals surface area (Å²) in [5.74, 6) is 1.05. The maximum Gasteiger partial charge on any atom is 0.320 e. The van der Waals surface area contributed by atoms with Gasteiger partial charge < -0.3 is 9.52 Å². The lowest BCUT2D eigenvalue weighted by Gasteiger charge is -2.15. The summed E-state index contributed by atoms with van der Waals surface area (Å²) in [5.41, 5.74) is 2.23. The van der Waals surface area contributed by atoms with E-state index in [1.54, 1.807) is 0 Å². The van der Waals surface area contributed by atoms with Crippen LogP contribution in [0.5, 0.6) is 0 Å². The molecule has 0 saturated carbocycles. The highest BCUT2D eigenvalue weighted by atomic mass is 16.4. The topological polar surface area (TPSA) is 62.5 Å². The van der Waals surface area contributed by atoms with Crippen molar-refractivity contribution < 1.29 is 14.3 Å². The van der Waals surface area contributed by atoms with Gasteiger partial charge in [-0.2, -0.15) is 0 Å². The van der Waals surface area contributed by atoms with Crippen LogP contribution in [0, 0.1) is 12.8 Å². The third-order valence-electron chi connectivity index (χ3n) is 3.53. The Bertz CT molecular complexity index is 614. The standard InChI is InChI=1S/C18H23NO3/c1-12(2)10-16(18(20)21)19-11-15-8-9-17(22-15)14-6-4-13(3)5-7-14/h4-9,12,16,19H,10-11H2,1-3H3,(H,20,21)/t16-/m1/s1. The van der Waals surface area contributed by atoms with E-state index in [0.717, 1.165) is 17.1 Å². The third-order valence-corrected chi connectivity index (χ3v) is 3.53. The number of hydrogen-bond donors (Lipinski definition) is 2. The third kappa shape index (κ3) is 4.46. The molecule has 0 amide bonds. The highest BCUT2D eigenvalue weighted by Crippen LogP contribution is 2.22. The quantitative estimate of drug-likeness (QED) is 0.815. The zero-order valence-corrected chi connectivity index (χ0v) is 13.3. The van der Waals surface area contributed by atoms with E-state index in [9.17, 15) is 9.90 Å². The Labute approximate surface area is 131 Å². The number of aliphatic carboxylic acids is 1. The van der Waals surface area contributed by atoms with Crippen LogP contribution in [0.1, 0.15) is 31.6 Å². The van der Waals surface area contributed by atoms with Crippen LogP contribution in [0.2, 0.25) is 0 Å². The average Bonchev–Trinajstić information content (AvgIpc) is 2.92. The second kappa shape index (κ2) is 7.27. The van der Waals surface area contributed by atoms with Gasteiger partial charge in [-0.25, -0.2) is 0 Å². The second-order valence-corrected chi connectivity index (χ2v) is 6.03. The first-order valence-corrected chi connectivity index (χ1v) is 7.57. The number of carboxylic acid groups (broad SMARTS) is 1. The zero-order chi connectivity index (χ0) is 16.1. The van der Waals surface area contributed by atoms with Gasteiger partial charge in [-0.05, 0) is 31.4 Å². The minimum atomic E-state index is -0.820. The van der Waals surface area contributed by atoms with Gasteiger partial charge in [0.15, 0.2) is 0 Å². The van der Waals surface area contributed by atoms with E-state index in [1.807, 2.05) is 57.2 Å². The number of benzene rings is 1. The maximum absolute atomic E-state index is 11.2. The van der Waals surface area contributed by atoms with Crippen LogP contribution >= 0.6 is 0 Å². The van der Waals surface area contributed by atoms with Crippen molar-refractivity contribution in [1.29, 1.82) is 0 Å². The van der Waals surface area contributed by atoms with Crippen molar-refractivity contribution in [2.24, 2.45) is 5.92 Å². The van der Waals surface area contributed by atoms with Gasteiger partial charge in [0.2, 0.25) is 0 Å². The van der Waals surface area contributed by atoms with Crippen molar-refractivity contribution in [3.8, 4) is 11.3 Å². The van der Waals surface area contributed by atoms with Crippen LogP contribution in [0.3, 0.4) is 0 Å². The molecule has 0 unspecified atom stereocenters. The molecule has 1 aromatic heterocycles. The van der Waals surface area contributed by atoms with Crippen molar-refractivity contribution >= 4 is 5.97 Å². The molecular weight excluding hydrogens is 278 g/mol. The fraction of sp³-hybridized carbons (Fsp3) is 0.389. The molecule has 22 heavy (non-hydrogen) atoms. The lowest BCUT2D eigenvalue weighted by Crippen LogP contribution is -2.37. The van der Waals surface area contributed by atoms with Crippen LogP contribution in [-0.2, 0) is 11.3 Å². The van der Waals surface area contributed by atoms with Crippen molar-refractivity contribution in [3.05, 3.63) is 47.7 Å². The van der Waals surface area contributed by atoms with Gasteiger partial charge in [0, 0.05) is 5.56 Å². The smallest absolute Gasteiger partial charge is 0.320 e. The first-order valence-electron chi connectivity index (χ1n) is 7.57. The summed E-state index contributed by atoms with van der Waals surface area (Å²) in [7, 11) is 0. The van der Waals surface area contributed by atoms with Gasteiger partial charge in [0.25, 0.3) is 0 Å². The maximum atomic E-state index is 11.2. The normalized spacial score (nSPS) is 12.5. The summed E-state index contributed by atoms with van der Waals surface area (Å²) >= 11 is 0. The van der Waals surface area contributed by atoms with Gasteiger partial charge in [-0.3, -0.25) is 10.1 Å². The Kier molecular flexibility index (Phi) is 5.39. The Balaban J connectivity index is 1.99. The van der Waals surface area contributed by atoms with Crippen LogP contribution in [0.4, 0.5) is 0 Å². The minimum Gasteiger partial charge on any atom is -0.480 e. The Morgan fingerprint density at radius 2 is 1.86 bits per heavy atom. The molecule has 0 spiro atoms. The van der Waals surface area contributed by atoms with Gasteiger partial charge in [0.1, 0.15) is 17.6 Å². The summed E-state index contributed by atoms with van der Waals surface area (Å²) in [6, 6.07) is 11.4. The van der Waals surface area contributed by atoms with E-state index in [1.165, 1.54) is 5.56 Å². The molecule has 0 bridgehead atoms. The van der Waals surface area contributed by atoms with Crippen molar-refractivity contribution in [2.75, 3.05) is 0 Å².